The van der Waals surface area contributed by atoms with Gasteiger partial charge in [0, 0.05) is 6.42 Å². The van der Waals surface area contributed by atoms with Crippen LogP contribution in [-0.4, -0.2) is 0 Å². The van der Waals surface area contributed by atoms with Crippen molar-refractivity contribution in [2.24, 2.45) is 0 Å². The van der Waals surface area contributed by atoms with Crippen molar-refractivity contribution >= 4 is 17.4 Å². The minimum absolute atomic E-state index is 0. The van der Waals surface area contributed by atoms with Crippen molar-refractivity contribution in [2.45, 2.75) is 26.8 Å². The molecule has 0 aromatic carbocycles. The largest absolute Gasteiger partial charge is 1.00 e. The number of hydrogen-bond donors (Lipinski definition) is 0. The van der Waals surface area contributed by atoms with Gasteiger partial charge in [-0.25, -0.2) is 0 Å². The number of hydrogen-bond acceptors (Lipinski definition) is 1. The minimum Gasteiger partial charge on any atom is -1.00 e. The van der Waals surface area contributed by atoms with Gasteiger partial charge >= 0.3 is 0 Å². The molecule has 0 unspecified atom stereocenters. The maximum Gasteiger partial charge on any atom is 0.225 e. The highest BCUT2D eigenvalue weighted by Gasteiger charge is 2.12. The number of thiazole rings is 1. The summed E-state index contributed by atoms with van der Waals surface area (Å²) in [6.07, 6.45) is 3.04. The summed E-state index contributed by atoms with van der Waals surface area (Å²) >= 11 is 1.77. The molecule has 1 aromatic heterocycles. The highest BCUT2D eigenvalue weighted by molar-refractivity contribution is 7.10. The van der Waals surface area contributed by atoms with Gasteiger partial charge in [0.1, 0.15) is 6.54 Å². The Labute approximate surface area is 95.1 Å². The molecule has 1 rings (SSSR count). The van der Waals surface area contributed by atoms with E-state index in [2.05, 4.69) is 30.5 Å². The maximum absolute atomic E-state index is 3.78. The van der Waals surface area contributed by atoms with E-state index < -0.39 is 0 Å². The van der Waals surface area contributed by atoms with Gasteiger partial charge < -0.3 is 24.0 Å². The molecule has 0 bridgehead atoms. The zero-order chi connectivity index (χ0) is 8.27. The van der Waals surface area contributed by atoms with Crippen LogP contribution in [0.2, 0.25) is 0 Å². The zero-order valence-corrected chi connectivity index (χ0v) is 10.5. The fourth-order valence-electron chi connectivity index (χ4n) is 1.20. The van der Waals surface area contributed by atoms with Crippen molar-refractivity contribution in [2.75, 3.05) is 0 Å². The fourth-order valence-corrected chi connectivity index (χ4v) is 2.21. The molecule has 12 heavy (non-hydrogen) atoms. The smallest absolute Gasteiger partial charge is 0.225 e. The second-order valence-corrected chi connectivity index (χ2v) is 3.26. The second kappa shape index (κ2) is 5.70. The van der Waals surface area contributed by atoms with Crippen LogP contribution in [0.1, 0.15) is 24.4 Å². The van der Waals surface area contributed by atoms with Crippen molar-refractivity contribution in [3.05, 3.63) is 22.7 Å². The molecule has 0 radical (unpaired) electrons. The van der Waals surface area contributed by atoms with E-state index in [9.17, 15) is 0 Å². The van der Waals surface area contributed by atoms with Gasteiger partial charge in [0.2, 0.25) is 5.51 Å². The first-order valence-electron chi connectivity index (χ1n) is 3.95. The van der Waals surface area contributed by atoms with E-state index in [4.69, 9.17) is 0 Å². The van der Waals surface area contributed by atoms with Gasteiger partial charge in [-0.1, -0.05) is 24.8 Å². The summed E-state index contributed by atoms with van der Waals surface area (Å²) in [5, 5.41) is 0. The zero-order valence-electron chi connectivity index (χ0n) is 7.51. The fraction of sp³-hybridized carbons (Fsp3) is 0.444. The molecule has 0 saturated carbocycles. The summed E-state index contributed by atoms with van der Waals surface area (Å²) in [5.74, 6) is 0. The molecule has 0 fully saturated rings. The lowest BCUT2D eigenvalue weighted by molar-refractivity contribution is -0.695. The van der Waals surface area contributed by atoms with Crippen LogP contribution >= 0.6 is 11.3 Å². The molecule has 1 nitrogen and oxygen atoms in total. The monoisotopic (exact) mass is 295 g/mol. The molecule has 0 atom stereocenters. The average molecular weight is 295 g/mol. The first kappa shape index (κ1) is 12.1. The van der Waals surface area contributed by atoms with Gasteiger partial charge in [0.05, 0.1) is 4.88 Å². The third kappa shape index (κ3) is 2.29. The van der Waals surface area contributed by atoms with Gasteiger partial charge in [-0.3, -0.25) is 0 Å². The number of nitrogens with zero attached hydrogens (tertiary/aromatic N) is 1. The number of aryl methyl sites for hydroxylation is 1. The van der Waals surface area contributed by atoms with Crippen LogP contribution in [0.15, 0.2) is 12.1 Å². The van der Waals surface area contributed by atoms with Crippen molar-refractivity contribution in [3.8, 4) is 0 Å². The van der Waals surface area contributed by atoms with Gasteiger partial charge in [0.15, 0.2) is 5.69 Å². The molecule has 0 aliphatic carbocycles. The van der Waals surface area contributed by atoms with Gasteiger partial charge in [-0.2, -0.15) is 4.57 Å². The standard InChI is InChI=1S/C9H14NS.HI/c1-4-8-9(5-2)11-7-10(8)6-3;/h5,7H,2,4,6H2,1,3H3;1H/q+1;/p-1. The maximum atomic E-state index is 3.78. The molecule has 0 spiro atoms. The molecular formula is C9H14INS. The molecule has 0 aliphatic rings. The number of rotatable bonds is 3. The Balaban J connectivity index is 0.00000121. The predicted molar refractivity (Wildman–Crippen MR) is 49.7 cm³/mol. The molecule has 1 heterocycles. The van der Waals surface area contributed by atoms with E-state index in [1.54, 1.807) is 11.3 Å². The Bertz CT molecular complexity index is 255. The quantitative estimate of drug-likeness (QED) is 0.511. The molecule has 0 saturated heterocycles. The van der Waals surface area contributed by atoms with Crippen LogP contribution < -0.4 is 28.5 Å². The van der Waals surface area contributed by atoms with Crippen molar-refractivity contribution in [3.63, 3.8) is 0 Å². The third-order valence-electron chi connectivity index (χ3n) is 1.80. The Morgan fingerprint density at radius 2 is 2.25 bits per heavy atom. The van der Waals surface area contributed by atoms with Crippen LogP contribution in [0.5, 0.6) is 0 Å². The molecule has 0 amide bonds. The Kier molecular flexibility index (Phi) is 5.74. The highest BCUT2D eigenvalue weighted by atomic mass is 127. The van der Waals surface area contributed by atoms with E-state index in [-0.39, 0.29) is 24.0 Å². The molecule has 0 N–H and O–H groups in total. The summed E-state index contributed by atoms with van der Waals surface area (Å²) in [5.41, 5.74) is 3.57. The summed E-state index contributed by atoms with van der Waals surface area (Å²) in [4.78, 5) is 1.31. The summed E-state index contributed by atoms with van der Waals surface area (Å²) in [6, 6.07) is 0. The van der Waals surface area contributed by atoms with Crippen molar-refractivity contribution < 1.29 is 28.5 Å². The highest BCUT2D eigenvalue weighted by Crippen LogP contribution is 2.13. The third-order valence-corrected chi connectivity index (χ3v) is 2.82. The van der Waals surface area contributed by atoms with Gasteiger partial charge in [0.25, 0.3) is 0 Å². The Morgan fingerprint density at radius 1 is 1.58 bits per heavy atom. The molecular weight excluding hydrogens is 281 g/mol. The lowest BCUT2D eigenvalue weighted by Gasteiger charge is -1.91. The van der Waals surface area contributed by atoms with Crippen molar-refractivity contribution in [1.82, 2.24) is 0 Å². The first-order chi connectivity index (χ1) is 5.33. The molecule has 0 aliphatic heterocycles. The molecule has 1 aromatic rings. The van der Waals surface area contributed by atoms with Crippen LogP contribution in [0.25, 0.3) is 6.08 Å². The first-order valence-corrected chi connectivity index (χ1v) is 4.83. The van der Waals surface area contributed by atoms with E-state index in [1.165, 1.54) is 10.6 Å². The van der Waals surface area contributed by atoms with Crippen LogP contribution in [0, 0.1) is 0 Å². The summed E-state index contributed by atoms with van der Waals surface area (Å²) < 4.78 is 2.28. The van der Waals surface area contributed by atoms with E-state index in [0.717, 1.165) is 13.0 Å². The Hall–Kier alpha value is 0.100. The molecule has 3 heteroatoms. The van der Waals surface area contributed by atoms with Crippen molar-refractivity contribution in [1.29, 1.82) is 0 Å². The lowest BCUT2D eigenvalue weighted by Crippen LogP contribution is -3.00. The summed E-state index contributed by atoms with van der Waals surface area (Å²) in [6.45, 7) is 9.19. The van der Waals surface area contributed by atoms with Crippen LogP contribution in [0.4, 0.5) is 0 Å². The number of halogens is 1. The minimum atomic E-state index is 0. The predicted octanol–water partition coefficient (Wildman–Crippen LogP) is -0.735. The molecule has 68 valence electrons. The normalized spacial score (nSPS) is 9.17. The van der Waals surface area contributed by atoms with E-state index in [1.807, 2.05) is 6.08 Å². The van der Waals surface area contributed by atoms with Gasteiger partial charge in [-0.15, -0.1) is 0 Å². The second-order valence-electron chi connectivity index (χ2n) is 2.38. The van der Waals surface area contributed by atoms with Crippen LogP contribution in [-0.2, 0) is 13.0 Å². The van der Waals surface area contributed by atoms with Crippen LogP contribution in [0.3, 0.4) is 0 Å². The number of aromatic nitrogens is 1. The van der Waals surface area contributed by atoms with Gasteiger partial charge in [-0.05, 0) is 13.0 Å². The lowest BCUT2D eigenvalue weighted by atomic mass is 10.3. The van der Waals surface area contributed by atoms with E-state index >= 15 is 0 Å². The summed E-state index contributed by atoms with van der Waals surface area (Å²) in [7, 11) is 0. The topological polar surface area (TPSA) is 3.88 Å². The van der Waals surface area contributed by atoms with E-state index in [0.29, 0.717) is 0 Å². The SMILES string of the molecule is C=Cc1sc[n+](CC)c1CC.[I-]. The average Bonchev–Trinajstić information content (AvgIpc) is 2.45. The Morgan fingerprint density at radius 3 is 2.67 bits per heavy atom.